The monoisotopic (exact) mass is 240 g/mol. The maximum Gasteiger partial charge on any atom is 0.0366 e. The minimum atomic E-state index is 0. The molecule has 0 saturated carbocycles. The summed E-state index contributed by atoms with van der Waals surface area (Å²) in [5.41, 5.74) is 1.36. The standard InChI is InChI=1S/C13H20N2.ClH/c1-2-9-14-12-8-10-15(11-12)13-6-4-3-5-7-13;/h3-7,12,14H,2,8-11H2,1H3;1H. The molecule has 0 radical (unpaired) electrons. The zero-order valence-corrected chi connectivity index (χ0v) is 10.7. The van der Waals surface area contributed by atoms with Crippen LogP contribution in [0, 0.1) is 0 Å². The van der Waals surface area contributed by atoms with E-state index in [0.29, 0.717) is 6.04 Å². The van der Waals surface area contributed by atoms with Crippen molar-refractivity contribution in [3.63, 3.8) is 0 Å². The van der Waals surface area contributed by atoms with Gasteiger partial charge in [-0.15, -0.1) is 12.4 Å². The number of anilines is 1. The highest BCUT2D eigenvalue weighted by molar-refractivity contribution is 5.85. The lowest BCUT2D eigenvalue weighted by Crippen LogP contribution is -2.32. The van der Waals surface area contributed by atoms with Crippen molar-refractivity contribution < 1.29 is 0 Å². The topological polar surface area (TPSA) is 15.3 Å². The van der Waals surface area contributed by atoms with Gasteiger partial charge in [0.2, 0.25) is 0 Å². The molecule has 1 aliphatic heterocycles. The summed E-state index contributed by atoms with van der Waals surface area (Å²) >= 11 is 0. The summed E-state index contributed by atoms with van der Waals surface area (Å²) in [6.07, 6.45) is 2.50. The first kappa shape index (κ1) is 13.3. The third-order valence-corrected chi connectivity index (χ3v) is 2.99. The summed E-state index contributed by atoms with van der Waals surface area (Å²) in [7, 11) is 0. The van der Waals surface area contributed by atoms with Crippen LogP contribution in [0.5, 0.6) is 0 Å². The normalized spacial score (nSPS) is 19.6. The summed E-state index contributed by atoms with van der Waals surface area (Å²) in [6.45, 7) is 5.71. The molecule has 90 valence electrons. The van der Waals surface area contributed by atoms with Gasteiger partial charge in [0.1, 0.15) is 0 Å². The van der Waals surface area contributed by atoms with Crippen molar-refractivity contribution in [2.45, 2.75) is 25.8 Å². The van der Waals surface area contributed by atoms with E-state index in [1.54, 1.807) is 0 Å². The van der Waals surface area contributed by atoms with Crippen molar-refractivity contribution in [1.82, 2.24) is 5.32 Å². The Morgan fingerprint density at radius 1 is 1.31 bits per heavy atom. The lowest BCUT2D eigenvalue weighted by atomic mass is 10.2. The van der Waals surface area contributed by atoms with Gasteiger partial charge in [-0.05, 0) is 31.5 Å². The SMILES string of the molecule is CCCNC1CCN(c2ccccc2)C1.Cl. The van der Waals surface area contributed by atoms with E-state index < -0.39 is 0 Å². The maximum atomic E-state index is 3.59. The molecule has 0 aromatic heterocycles. The van der Waals surface area contributed by atoms with Gasteiger partial charge in [-0.2, -0.15) is 0 Å². The van der Waals surface area contributed by atoms with Crippen molar-refractivity contribution in [2.75, 3.05) is 24.5 Å². The zero-order chi connectivity index (χ0) is 10.5. The maximum absolute atomic E-state index is 3.59. The number of benzene rings is 1. The molecule has 1 saturated heterocycles. The molecule has 1 N–H and O–H groups in total. The first-order chi connectivity index (χ1) is 7.40. The van der Waals surface area contributed by atoms with Gasteiger partial charge in [0.05, 0.1) is 0 Å². The van der Waals surface area contributed by atoms with Crippen LogP contribution < -0.4 is 10.2 Å². The van der Waals surface area contributed by atoms with Crippen molar-refractivity contribution in [2.24, 2.45) is 0 Å². The van der Waals surface area contributed by atoms with Gasteiger partial charge in [0.25, 0.3) is 0 Å². The Bertz CT molecular complexity index is 289. The van der Waals surface area contributed by atoms with Crippen molar-refractivity contribution in [3.8, 4) is 0 Å². The third-order valence-electron chi connectivity index (χ3n) is 2.99. The van der Waals surface area contributed by atoms with Crippen LogP contribution in [-0.4, -0.2) is 25.7 Å². The Hall–Kier alpha value is -0.730. The van der Waals surface area contributed by atoms with E-state index >= 15 is 0 Å². The summed E-state index contributed by atoms with van der Waals surface area (Å²) in [4.78, 5) is 2.47. The molecule has 3 heteroatoms. The van der Waals surface area contributed by atoms with Crippen LogP contribution in [0.1, 0.15) is 19.8 Å². The predicted octanol–water partition coefficient (Wildman–Crippen LogP) is 2.69. The van der Waals surface area contributed by atoms with Gasteiger partial charge in [-0.1, -0.05) is 25.1 Å². The summed E-state index contributed by atoms with van der Waals surface area (Å²) in [5.74, 6) is 0. The molecule has 1 heterocycles. The molecule has 0 spiro atoms. The summed E-state index contributed by atoms with van der Waals surface area (Å²) in [6, 6.07) is 11.4. The Balaban J connectivity index is 0.00000128. The van der Waals surface area contributed by atoms with Crippen LogP contribution in [0.3, 0.4) is 0 Å². The Morgan fingerprint density at radius 2 is 2.06 bits per heavy atom. The van der Waals surface area contributed by atoms with E-state index in [0.717, 1.165) is 13.1 Å². The third kappa shape index (κ3) is 3.39. The first-order valence-corrected chi connectivity index (χ1v) is 5.93. The van der Waals surface area contributed by atoms with Crippen LogP contribution in [-0.2, 0) is 0 Å². The number of rotatable bonds is 4. The van der Waals surface area contributed by atoms with Crippen molar-refractivity contribution in [3.05, 3.63) is 30.3 Å². The first-order valence-electron chi connectivity index (χ1n) is 5.93. The molecule has 1 aromatic rings. The molecule has 1 aliphatic rings. The fourth-order valence-corrected chi connectivity index (χ4v) is 2.15. The van der Waals surface area contributed by atoms with Crippen molar-refractivity contribution in [1.29, 1.82) is 0 Å². The Morgan fingerprint density at radius 3 is 2.75 bits per heavy atom. The largest absolute Gasteiger partial charge is 0.370 e. The van der Waals surface area contributed by atoms with Gasteiger partial charge in [0.15, 0.2) is 0 Å². The quantitative estimate of drug-likeness (QED) is 0.871. The highest BCUT2D eigenvalue weighted by Gasteiger charge is 2.21. The van der Waals surface area contributed by atoms with Crippen LogP contribution in [0.4, 0.5) is 5.69 Å². The van der Waals surface area contributed by atoms with E-state index in [2.05, 4.69) is 47.5 Å². The second kappa shape index (κ2) is 6.77. The molecule has 16 heavy (non-hydrogen) atoms. The Kier molecular flexibility index (Phi) is 5.64. The number of nitrogens with zero attached hydrogens (tertiary/aromatic N) is 1. The molecular weight excluding hydrogens is 220 g/mol. The lowest BCUT2D eigenvalue weighted by Gasteiger charge is -2.18. The highest BCUT2D eigenvalue weighted by atomic mass is 35.5. The minimum absolute atomic E-state index is 0. The summed E-state index contributed by atoms with van der Waals surface area (Å²) < 4.78 is 0. The number of hydrogen-bond donors (Lipinski definition) is 1. The second-order valence-corrected chi connectivity index (χ2v) is 4.22. The average Bonchev–Trinajstić information content (AvgIpc) is 2.76. The number of halogens is 1. The molecular formula is C13H21ClN2. The van der Waals surface area contributed by atoms with E-state index in [9.17, 15) is 0 Å². The lowest BCUT2D eigenvalue weighted by molar-refractivity contribution is 0.549. The van der Waals surface area contributed by atoms with Gasteiger partial charge in [-0.25, -0.2) is 0 Å². The molecule has 2 nitrogen and oxygen atoms in total. The fraction of sp³-hybridized carbons (Fsp3) is 0.538. The van der Waals surface area contributed by atoms with Crippen LogP contribution in [0.25, 0.3) is 0 Å². The number of nitrogens with one attached hydrogen (secondary N) is 1. The second-order valence-electron chi connectivity index (χ2n) is 4.22. The summed E-state index contributed by atoms with van der Waals surface area (Å²) in [5, 5.41) is 3.59. The van der Waals surface area contributed by atoms with E-state index in [-0.39, 0.29) is 12.4 Å². The minimum Gasteiger partial charge on any atom is -0.370 e. The van der Waals surface area contributed by atoms with Gasteiger partial charge in [0, 0.05) is 24.8 Å². The molecule has 1 atom stereocenters. The number of hydrogen-bond acceptors (Lipinski definition) is 2. The fourth-order valence-electron chi connectivity index (χ4n) is 2.15. The van der Waals surface area contributed by atoms with Crippen molar-refractivity contribution >= 4 is 18.1 Å². The average molecular weight is 241 g/mol. The van der Waals surface area contributed by atoms with Gasteiger partial charge >= 0.3 is 0 Å². The van der Waals surface area contributed by atoms with Crippen LogP contribution in [0.2, 0.25) is 0 Å². The van der Waals surface area contributed by atoms with Crippen LogP contribution in [0.15, 0.2) is 30.3 Å². The van der Waals surface area contributed by atoms with E-state index in [1.165, 1.54) is 25.1 Å². The van der Waals surface area contributed by atoms with Crippen LogP contribution >= 0.6 is 12.4 Å². The zero-order valence-electron chi connectivity index (χ0n) is 9.86. The predicted molar refractivity (Wildman–Crippen MR) is 72.6 cm³/mol. The molecule has 1 unspecified atom stereocenters. The van der Waals surface area contributed by atoms with E-state index in [1.807, 2.05) is 0 Å². The molecule has 1 aromatic carbocycles. The highest BCUT2D eigenvalue weighted by Crippen LogP contribution is 2.19. The van der Waals surface area contributed by atoms with Gasteiger partial charge < -0.3 is 10.2 Å². The molecule has 0 amide bonds. The Labute approximate surface area is 104 Å². The molecule has 2 rings (SSSR count). The molecule has 1 fully saturated rings. The molecule has 0 aliphatic carbocycles. The molecule has 0 bridgehead atoms. The van der Waals surface area contributed by atoms with Gasteiger partial charge in [-0.3, -0.25) is 0 Å². The van der Waals surface area contributed by atoms with E-state index in [4.69, 9.17) is 0 Å². The number of para-hydroxylation sites is 1. The smallest absolute Gasteiger partial charge is 0.0366 e.